The molecule has 0 bridgehead atoms. The van der Waals surface area contributed by atoms with Gasteiger partial charge in [-0.1, -0.05) is 23.2 Å². The number of nitrogens with one attached hydrogen (secondary N) is 1. The van der Waals surface area contributed by atoms with Crippen molar-refractivity contribution in [1.82, 2.24) is 5.32 Å². The second-order valence-corrected chi connectivity index (χ2v) is 7.91. The van der Waals surface area contributed by atoms with Crippen molar-refractivity contribution in [2.24, 2.45) is 0 Å². The van der Waals surface area contributed by atoms with Crippen molar-refractivity contribution in [2.75, 3.05) is 18.1 Å². The molecule has 15 heavy (non-hydrogen) atoms. The molecule has 84 valence electrons. The predicted octanol–water partition coefficient (Wildman–Crippen LogP) is 2.11. The van der Waals surface area contributed by atoms with E-state index in [1.165, 1.54) is 11.3 Å². The van der Waals surface area contributed by atoms with Crippen molar-refractivity contribution in [3.8, 4) is 0 Å². The van der Waals surface area contributed by atoms with Gasteiger partial charge in [0.25, 0.3) is 0 Å². The monoisotopic (exact) mass is 285 g/mol. The Balaban J connectivity index is 2.28. The standard InChI is InChI=1S/C8H9Cl2NO2S2/c9-7-3-5(8(10)14-7)6-4-15(12,13)2-1-11-6/h3,6,11H,1-2,4H2. The SMILES string of the molecule is O=S1(=O)CCNC(c2cc(Cl)sc2Cl)C1. The number of hydrogen-bond donors (Lipinski definition) is 1. The molecule has 1 aromatic rings. The first-order chi connectivity index (χ1) is 6.98. The molecule has 1 saturated heterocycles. The third-order valence-electron chi connectivity index (χ3n) is 2.28. The fourth-order valence-electron chi connectivity index (χ4n) is 1.58. The van der Waals surface area contributed by atoms with Gasteiger partial charge in [0, 0.05) is 18.2 Å². The van der Waals surface area contributed by atoms with Crippen LogP contribution in [-0.2, 0) is 9.84 Å². The second-order valence-electron chi connectivity index (χ2n) is 3.40. The van der Waals surface area contributed by atoms with Crippen LogP contribution < -0.4 is 5.32 Å². The average Bonchev–Trinajstić information content (AvgIpc) is 2.43. The third kappa shape index (κ3) is 2.65. The van der Waals surface area contributed by atoms with Crippen LogP contribution in [0.2, 0.25) is 8.67 Å². The van der Waals surface area contributed by atoms with Crippen LogP contribution in [0.1, 0.15) is 11.6 Å². The summed E-state index contributed by atoms with van der Waals surface area (Å²) in [5.41, 5.74) is 0.787. The van der Waals surface area contributed by atoms with Gasteiger partial charge in [-0.3, -0.25) is 0 Å². The Morgan fingerprint density at radius 1 is 1.47 bits per heavy atom. The zero-order valence-electron chi connectivity index (χ0n) is 7.66. The van der Waals surface area contributed by atoms with Gasteiger partial charge in [-0.05, 0) is 6.07 Å². The number of rotatable bonds is 1. The maximum Gasteiger partial charge on any atom is 0.153 e. The fourth-order valence-corrected chi connectivity index (χ4v) is 4.56. The Morgan fingerprint density at radius 3 is 2.73 bits per heavy atom. The van der Waals surface area contributed by atoms with E-state index in [4.69, 9.17) is 23.2 Å². The van der Waals surface area contributed by atoms with Gasteiger partial charge < -0.3 is 5.32 Å². The maximum absolute atomic E-state index is 11.4. The molecule has 0 radical (unpaired) electrons. The Kier molecular flexibility index (Phi) is 3.28. The molecule has 2 rings (SSSR count). The first-order valence-electron chi connectivity index (χ1n) is 4.36. The van der Waals surface area contributed by atoms with E-state index < -0.39 is 9.84 Å². The highest BCUT2D eigenvalue weighted by atomic mass is 35.5. The Bertz CT molecular complexity index is 469. The molecule has 0 aromatic carbocycles. The minimum absolute atomic E-state index is 0.0970. The lowest BCUT2D eigenvalue weighted by atomic mass is 10.2. The van der Waals surface area contributed by atoms with Gasteiger partial charge in [0.05, 0.1) is 20.2 Å². The van der Waals surface area contributed by atoms with Crippen LogP contribution in [0.15, 0.2) is 6.07 Å². The van der Waals surface area contributed by atoms with Crippen molar-refractivity contribution in [1.29, 1.82) is 0 Å². The van der Waals surface area contributed by atoms with Gasteiger partial charge >= 0.3 is 0 Å². The Morgan fingerprint density at radius 2 is 2.20 bits per heavy atom. The van der Waals surface area contributed by atoms with Crippen molar-refractivity contribution in [3.63, 3.8) is 0 Å². The lowest BCUT2D eigenvalue weighted by Crippen LogP contribution is -2.39. The molecule has 2 heterocycles. The normalized spacial score (nSPS) is 25.3. The topological polar surface area (TPSA) is 46.2 Å². The largest absolute Gasteiger partial charge is 0.308 e. The van der Waals surface area contributed by atoms with Crippen molar-refractivity contribution in [3.05, 3.63) is 20.3 Å². The van der Waals surface area contributed by atoms with E-state index >= 15 is 0 Å². The number of sulfone groups is 1. The van der Waals surface area contributed by atoms with Crippen molar-refractivity contribution in [2.45, 2.75) is 6.04 Å². The molecule has 1 aromatic heterocycles. The molecule has 1 aliphatic heterocycles. The van der Waals surface area contributed by atoms with Crippen LogP contribution in [-0.4, -0.2) is 26.5 Å². The maximum atomic E-state index is 11.4. The van der Waals surface area contributed by atoms with E-state index in [9.17, 15) is 8.42 Å². The Labute approximate surface area is 102 Å². The van der Waals surface area contributed by atoms with Gasteiger partial charge in [0.15, 0.2) is 9.84 Å². The molecule has 1 aliphatic rings. The Hall–Kier alpha value is 0.190. The molecular weight excluding hydrogens is 277 g/mol. The molecular formula is C8H9Cl2NO2S2. The molecule has 3 nitrogen and oxygen atoms in total. The first kappa shape index (κ1) is 11.7. The van der Waals surface area contributed by atoms with Gasteiger partial charge in [-0.15, -0.1) is 11.3 Å². The van der Waals surface area contributed by atoms with Gasteiger partial charge in [0.2, 0.25) is 0 Å². The average molecular weight is 286 g/mol. The van der Waals surface area contributed by atoms with E-state index in [1.54, 1.807) is 6.07 Å². The lowest BCUT2D eigenvalue weighted by molar-refractivity contribution is 0.532. The summed E-state index contributed by atoms with van der Waals surface area (Å²) >= 11 is 13.0. The fraction of sp³-hybridized carbons (Fsp3) is 0.500. The van der Waals surface area contributed by atoms with Crippen LogP contribution in [0.25, 0.3) is 0 Å². The van der Waals surface area contributed by atoms with Crippen LogP contribution in [0.4, 0.5) is 0 Å². The summed E-state index contributed by atoms with van der Waals surface area (Å²) in [5.74, 6) is 0.290. The van der Waals surface area contributed by atoms with Crippen LogP contribution in [0.3, 0.4) is 0 Å². The predicted molar refractivity (Wildman–Crippen MR) is 63.7 cm³/mol. The molecule has 0 aliphatic carbocycles. The summed E-state index contributed by atoms with van der Waals surface area (Å²) in [7, 11) is -2.95. The van der Waals surface area contributed by atoms with Crippen LogP contribution in [0.5, 0.6) is 0 Å². The summed E-state index contributed by atoms with van der Waals surface area (Å²) in [4.78, 5) is 0. The number of halogens is 2. The zero-order chi connectivity index (χ0) is 11.1. The molecule has 0 amide bonds. The lowest BCUT2D eigenvalue weighted by Gasteiger charge is -2.23. The van der Waals surface area contributed by atoms with E-state index in [1.807, 2.05) is 0 Å². The minimum atomic E-state index is -2.95. The molecule has 0 saturated carbocycles. The van der Waals surface area contributed by atoms with Crippen LogP contribution >= 0.6 is 34.5 Å². The van der Waals surface area contributed by atoms with Gasteiger partial charge in [-0.25, -0.2) is 8.42 Å². The highest BCUT2D eigenvalue weighted by Gasteiger charge is 2.27. The summed E-state index contributed by atoms with van der Waals surface area (Å²) < 4.78 is 24.0. The van der Waals surface area contributed by atoms with E-state index in [0.717, 1.165) is 5.56 Å². The summed E-state index contributed by atoms with van der Waals surface area (Å²) in [6.45, 7) is 0.469. The van der Waals surface area contributed by atoms with Gasteiger partial charge in [0.1, 0.15) is 0 Å². The highest BCUT2D eigenvalue weighted by Crippen LogP contribution is 2.36. The number of hydrogen-bond acceptors (Lipinski definition) is 4. The minimum Gasteiger partial charge on any atom is -0.308 e. The van der Waals surface area contributed by atoms with E-state index in [0.29, 0.717) is 15.2 Å². The summed E-state index contributed by atoms with van der Waals surface area (Å²) in [6.07, 6.45) is 0. The van der Waals surface area contributed by atoms with Crippen molar-refractivity contribution >= 4 is 44.4 Å². The van der Waals surface area contributed by atoms with Gasteiger partial charge in [-0.2, -0.15) is 0 Å². The smallest absolute Gasteiger partial charge is 0.153 e. The molecule has 1 N–H and O–H groups in total. The molecule has 7 heteroatoms. The van der Waals surface area contributed by atoms with E-state index in [-0.39, 0.29) is 17.5 Å². The molecule has 0 spiro atoms. The third-order valence-corrected chi connectivity index (χ3v) is 5.47. The van der Waals surface area contributed by atoms with E-state index in [2.05, 4.69) is 5.32 Å². The highest BCUT2D eigenvalue weighted by molar-refractivity contribution is 7.91. The molecule has 1 atom stereocenters. The van der Waals surface area contributed by atoms with Crippen molar-refractivity contribution < 1.29 is 8.42 Å². The zero-order valence-corrected chi connectivity index (χ0v) is 10.8. The van der Waals surface area contributed by atoms with Crippen LogP contribution in [0, 0.1) is 0 Å². The quantitative estimate of drug-likeness (QED) is 0.860. The number of thiophene rings is 1. The molecule has 1 fully saturated rings. The second kappa shape index (κ2) is 4.22. The molecule has 1 unspecified atom stereocenters. The summed E-state index contributed by atoms with van der Waals surface area (Å²) in [6, 6.07) is 1.51. The first-order valence-corrected chi connectivity index (χ1v) is 7.76. The summed E-state index contributed by atoms with van der Waals surface area (Å²) in [5, 5.41) is 3.13.